The van der Waals surface area contributed by atoms with E-state index in [9.17, 15) is 4.79 Å². The van der Waals surface area contributed by atoms with Gasteiger partial charge in [0.2, 0.25) is 5.91 Å². The molecule has 0 spiro atoms. The number of nitrogens with zero attached hydrogens (tertiary/aromatic N) is 1. The second-order valence-corrected chi connectivity index (χ2v) is 5.47. The van der Waals surface area contributed by atoms with Gasteiger partial charge in [-0.1, -0.05) is 28.9 Å². The van der Waals surface area contributed by atoms with E-state index in [0.717, 1.165) is 25.0 Å². The van der Waals surface area contributed by atoms with E-state index in [2.05, 4.69) is 32.9 Å². The van der Waals surface area contributed by atoms with Gasteiger partial charge < -0.3 is 4.90 Å². The molecule has 0 aromatic carbocycles. The zero-order valence-corrected chi connectivity index (χ0v) is 13.4. The molecule has 2 nitrogen and oxygen atoms in total. The Morgan fingerprint density at radius 1 is 1.00 bits per heavy atom. The molecule has 0 atom stereocenters. The molecule has 0 aliphatic heterocycles. The Hall–Kier alpha value is -1.31. The lowest BCUT2D eigenvalue weighted by Crippen LogP contribution is -2.29. The number of allylic oxidation sites excluding steroid dienone is 4. The van der Waals surface area contributed by atoms with E-state index in [1.54, 1.807) is 6.08 Å². The van der Waals surface area contributed by atoms with Crippen LogP contribution in [0.2, 0.25) is 0 Å². The maximum Gasteiger partial charge on any atom is 0.246 e. The third-order valence-electron chi connectivity index (χ3n) is 2.86. The zero-order chi connectivity index (χ0) is 14.8. The van der Waals surface area contributed by atoms with Crippen molar-refractivity contribution in [2.24, 2.45) is 0 Å². The summed E-state index contributed by atoms with van der Waals surface area (Å²) in [6, 6.07) is 0. The Labute approximate surface area is 118 Å². The van der Waals surface area contributed by atoms with E-state index in [1.165, 1.54) is 11.1 Å². The first kappa shape index (κ1) is 17.7. The molecule has 0 radical (unpaired) electrons. The third kappa shape index (κ3) is 9.29. The fraction of sp³-hybridized carbons (Fsp3) is 0.588. The van der Waals surface area contributed by atoms with Crippen molar-refractivity contribution in [3.8, 4) is 0 Å². The lowest BCUT2D eigenvalue weighted by atomic mass is 10.1. The van der Waals surface area contributed by atoms with Crippen LogP contribution in [0, 0.1) is 0 Å². The van der Waals surface area contributed by atoms with Crippen LogP contribution in [0.15, 0.2) is 34.9 Å². The minimum Gasteiger partial charge on any atom is -0.336 e. The average molecular weight is 263 g/mol. The van der Waals surface area contributed by atoms with E-state index in [-0.39, 0.29) is 5.91 Å². The molecular weight excluding hydrogens is 234 g/mol. The van der Waals surface area contributed by atoms with Crippen molar-refractivity contribution in [3.05, 3.63) is 34.9 Å². The number of rotatable bonds is 7. The topological polar surface area (TPSA) is 20.3 Å². The minimum absolute atomic E-state index is 0.107. The van der Waals surface area contributed by atoms with Gasteiger partial charge in [-0.15, -0.1) is 0 Å². The first-order valence-electron chi connectivity index (χ1n) is 7.09. The highest BCUT2D eigenvalue weighted by Gasteiger charge is 2.06. The molecule has 2 heteroatoms. The van der Waals surface area contributed by atoms with Crippen LogP contribution in [0.4, 0.5) is 0 Å². The number of carbonyl (C=O) groups excluding carboxylic acids is 1. The van der Waals surface area contributed by atoms with E-state index in [4.69, 9.17) is 0 Å². The van der Waals surface area contributed by atoms with Crippen molar-refractivity contribution >= 4 is 5.91 Å². The van der Waals surface area contributed by atoms with Crippen molar-refractivity contribution in [1.82, 2.24) is 4.90 Å². The molecular formula is C17H29NO. The summed E-state index contributed by atoms with van der Waals surface area (Å²) >= 11 is 0. The molecule has 0 unspecified atom stereocenters. The molecule has 0 aliphatic carbocycles. The summed E-state index contributed by atoms with van der Waals surface area (Å²) in [5.41, 5.74) is 3.76. The molecule has 0 saturated carbocycles. The van der Waals surface area contributed by atoms with E-state index >= 15 is 0 Å². The molecule has 0 bridgehead atoms. The molecule has 0 heterocycles. The Bertz CT molecular complexity index is 367. The van der Waals surface area contributed by atoms with Crippen molar-refractivity contribution in [2.75, 3.05) is 13.1 Å². The van der Waals surface area contributed by atoms with Crippen LogP contribution in [-0.4, -0.2) is 23.9 Å². The smallest absolute Gasteiger partial charge is 0.246 e. The van der Waals surface area contributed by atoms with Crippen LogP contribution in [-0.2, 0) is 4.79 Å². The Morgan fingerprint density at radius 2 is 1.63 bits per heavy atom. The second kappa shape index (κ2) is 9.60. The quantitative estimate of drug-likeness (QED) is 0.489. The van der Waals surface area contributed by atoms with Gasteiger partial charge in [-0.25, -0.2) is 0 Å². The van der Waals surface area contributed by atoms with Crippen molar-refractivity contribution < 1.29 is 4.79 Å². The number of carbonyl (C=O) groups is 1. The number of hydrogen-bond acceptors (Lipinski definition) is 1. The fourth-order valence-electron chi connectivity index (χ4n) is 1.67. The maximum atomic E-state index is 11.9. The van der Waals surface area contributed by atoms with Gasteiger partial charge in [0.1, 0.15) is 0 Å². The summed E-state index contributed by atoms with van der Waals surface area (Å²) in [6.07, 6.45) is 8.27. The SMILES string of the molecule is CCN(CC=C(C)CCC=C(C)C)C(=O)C=C(C)C. The Morgan fingerprint density at radius 3 is 2.11 bits per heavy atom. The molecule has 0 aromatic heterocycles. The van der Waals surface area contributed by atoms with Crippen LogP contribution in [0.5, 0.6) is 0 Å². The van der Waals surface area contributed by atoms with Crippen molar-refractivity contribution in [2.45, 2.75) is 54.4 Å². The van der Waals surface area contributed by atoms with Gasteiger partial charge in [-0.2, -0.15) is 0 Å². The van der Waals surface area contributed by atoms with Crippen molar-refractivity contribution in [1.29, 1.82) is 0 Å². The van der Waals surface area contributed by atoms with Gasteiger partial charge in [0.15, 0.2) is 0 Å². The highest BCUT2D eigenvalue weighted by molar-refractivity contribution is 5.88. The van der Waals surface area contributed by atoms with Gasteiger partial charge >= 0.3 is 0 Å². The summed E-state index contributed by atoms with van der Waals surface area (Å²) in [5.74, 6) is 0.107. The average Bonchev–Trinajstić information content (AvgIpc) is 2.28. The maximum absolute atomic E-state index is 11.9. The second-order valence-electron chi connectivity index (χ2n) is 5.47. The summed E-state index contributed by atoms with van der Waals surface area (Å²) in [5, 5.41) is 0. The summed E-state index contributed by atoms with van der Waals surface area (Å²) in [4.78, 5) is 13.8. The van der Waals surface area contributed by atoms with Crippen LogP contribution in [0.1, 0.15) is 54.4 Å². The van der Waals surface area contributed by atoms with Gasteiger partial charge in [0.05, 0.1) is 0 Å². The van der Waals surface area contributed by atoms with Crippen LogP contribution in [0.3, 0.4) is 0 Å². The molecule has 0 aromatic rings. The van der Waals surface area contributed by atoms with Gasteiger partial charge in [-0.05, 0) is 54.4 Å². The van der Waals surface area contributed by atoms with Gasteiger partial charge in [-0.3, -0.25) is 4.79 Å². The number of hydrogen-bond donors (Lipinski definition) is 0. The fourth-order valence-corrected chi connectivity index (χ4v) is 1.67. The normalized spacial score (nSPS) is 10.9. The predicted molar refractivity (Wildman–Crippen MR) is 84.1 cm³/mol. The Balaban J connectivity index is 4.36. The predicted octanol–water partition coefficient (Wildman–Crippen LogP) is 4.49. The summed E-state index contributed by atoms with van der Waals surface area (Å²) < 4.78 is 0. The van der Waals surface area contributed by atoms with Crippen LogP contribution < -0.4 is 0 Å². The molecule has 0 saturated heterocycles. The van der Waals surface area contributed by atoms with Crippen LogP contribution in [0.25, 0.3) is 0 Å². The minimum atomic E-state index is 0.107. The van der Waals surface area contributed by atoms with Gasteiger partial charge in [0.25, 0.3) is 0 Å². The van der Waals surface area contributed by atoms with Crippen LogP contribution >= 0.6 is 0 Å². The molecule has 0 rings (SSSR count). The third-order valence-corrected chi connectivity index (χ3v) is 2.86. The first-order valence-corrected chi connectivity index (χ1v) is 7.09. The standard InChI is InChI=1S/C17H29NO/c1-7-18(17(19)13-15(4)5)12-11-16(6)10-8-9-14(2)3/h9,11,13H,7-8,10,12H2,1-6H3. The van der Waals surface area contributed by atoms with Crippen molar-refractivity contribution in [3.63, 3.8) is 0 Å². The Kier molecular flexibility index (Phi) is 8.94. The molecule has 108 valence electrons. The molecule has 0 N–H and O–H groups in total. The molecule has 19 heavy (non-hydrogen) atoms. The lowest BCUT2D eigenvalue weighted by Gasteiger charge is -2.17. The molecule has 0 aliphatic rings. The largest absolute Gasteiger partial charge is 0.336 e. The first-order chi connectivity index (χ1) is 8.86. The zero-order valence-electron chi connectivity index (χ0n) is 13.4. The molecule has 1 amide bonds. The van der Waals surface area contributed by atoms with E-state index in [1.807, 2.05) is 25.7 Å². The highest BCUT2D eigenvalue weighted by Crippen LogP contribution is 2.07. The number of amides is 1. The lowest BCUT2D eigenvalue weighted by molar-refractivity contribution is -0.125. The van der Waals surface area contributed by atoms with E-state index < -0.39 is 0 Å². The summed E-state index contributed by atoms with van der Waals surface area (Å²) in [6.45, 7) is 13.8. The number of likely N-dealkylation sites (N-methyl/N-ethyl adjacent to an activating group) is 1. The summed E-state index contributed by atoms with van der Waals surface area (Å²) in [7, 11) is 0. The van der Waals surface area contributed by atoms with E-state index in [0.29, 0.717) is 6.54 Å². The highest BCUT2D eigenvalue weighted by atomic mass is 16.2. The molecule has 0 fully saturated rings. The monoisotopic (exact) mass is 263 g/mol. The van der Waals surface area contributed by atoms with Gasteiger partial charge in [0, 0.05) is 19.2 Å².